The van der Waals surface area contributed by atoms with Crippen LogP contribution in [0.2, 0.25) is 0 Å². The van der Waals surface area contributed by atoms with E-state index in [0.29, 0.717) is 0 Å². The van der Waals surface area contributed by atoms with E-state index >= 15 is 0 Å². The van der Waals surface area contributed by atoms with Crippen LogP contribution in [0.3, 0.4) is 0 Å². The second-order valence-electron chi connectivity index (χ2n) is 6.30. The molecule has 0 nitrogen and oxygen atoms in total. The standard InChI is InChI=1S/C23H16/c1-15-14-22-19-8-4-2-6-16(19)11-13-21(22)23-18(15)12-10-17-7-3-5-9-20(17)23/h2-13H,1,14H2. The molecule has 0 spiro atoms. The van der Waals surface area contributed by atoms with Gasteiger partial charge in [0.25, 0.3) is 0 Å². The van der Waals surface area contributed by atoms with Gasteiger partial charge in [0.2, 0.25) is 0 Å². The monoisotopic (exact) mass is 292 g/mol. The van der Waals surface area contributed by atoms with Crippen molar-refractivity contribution >= 4 is 27.1 Å². The molecular formula is C23H16. The predicted molar refractivity (Wildman–Crippen MR) is 99.6 cm³/mol. The van der Waals surface area contributed by atoms with Crippen LogP contribution in [0.25, 0.3) is 38.2 Å². The van der Waals surface area contributed by atoms with Crippen molar-refractivity contribution in [3.05, 3.63) is 90.5 Å². The van der Waals surface area contributed by atoms with Crippen LogP contribution >= 0.6 is 0 Å². The summed E-state index contributed by atoms with van der Waals surface area (Å²) in [7, 11) is 0. The summed E-state index contributed by atoms with van der Waals surface area (Å²) in [4.78, 5) is 0. The molecule has 0 atom stereocenters. The van der Waals surface area contributed by atoms with Gasteiger partial charge in [0.1, 0.15) is 0 Å². The van der Waals surface area contributed by atoms with E-state index in [1.54, 1.807) is 0 Å². The van der Waals surface area contributed by atoms with Crippen molar-refractivity contribution < 1.29 is 0 Å². The quantitative estimate of drug-likeness (QED) is 0.360. The molecule has 0 N–H and O–H groups in total. The molecule has 0 heteroatoms. The number of allylic oxidation sites excluding steroid dienone is 1. The maximum Gasteiger partial charge on any atom is -0.00132 e. The third-order valence-electron chi connectivity index (χ3n) is 5.01. The average molecular weight is 292 g/mol. The maximum absolute atomic E-state index is 4.37. The molecule has 0 saturated carbocycles. The Morgan fingerprint density at radius 2 is 1.22 bits per heavy atom. The Labute approximate surface area is 135 Å². The smallest absolute Gasteiger partial charge is 0.00132 e. The van der Waals surface area contributed by atoms with E-state index < -0.39 is 0 Å². The molecule has 0 aromatic heterocycles. The van der Waals surface area contributed by atoms with Gasteiger partial charge < -0.3 is 0 Å². The Morgan fingerprint density at radius 3 is 2.00 bits per heavy atom. The third kappa shape index (κ3) is 1.72. The minimum atomic E-state index is 0.933. The van der Waals surface area contributed by atoms with Gasteiger partial charge >= 0.3 is 0 Å². The van der Waals surface area contributed by atoms with E-state index in [9.17, 15) is 0 Å². The SMILES string of the molecule is C=C1Cc2c(ccc3ccccc23)-c2c1ccc1ccccc21. The van der Waals surface area contributed by atoms with Crippen LogP contribution in [0.5, 0.6) is 0 Å². The summed E-state index contributed by atoms with van der Waals surface area (Å²) in [5.41, 5.74) is 6.64. The van der Waals surface area contributed by atoms with Gasteiger partial charge in [-0.25, -0.2) is 0 Å². The van der Waals surface area contributed by atoms with Crippen LogP contribution < -0.4 is 0 Å². The number of rotatable bonds is 0. The van der Waals surface area contributed by atoms with E-state index in [0.717, 1.165) is 6.42 Å². The third-order valence-corrected chi connectivity index (χ3v) is 5.01. The zero-order valence-electron chi connectivity index (χ0n) is 12.8. The first-order valence-corrected chi connectivity index (χ1v) is 8.04. The normalized spacial score (nSPS) is 13.1. The van der Waals surface area contributed by atoms with Crippen molar-refractivity contribution in [2.24, 2.45) is 0 Å². The van der Waals surface area contributed by atoms with Crippen LogP contribution in [-0.4, -0.2) is 0 Å². The van der Waals surface area contributed by atoms with Crippen LogP contribution in [0.1, 0.15) is 11.1 Å². The summed E-state index contributed by atoms with van der Waals surface area (Å²) in [5.74, 6) is 0. The fraction of sp³-hybridized carbons (Fsp3) is 0.0435. The van der Waals surface area contributed by atoms with Gasteiger partial charge in [-0.1, -0.05) is 79.4 Å². The number of benzene rings is 4. The van der Waals surface area contributed by atoms with Gasteiger partial charge in [-0.15, -0.1) is 0 Å². The van der Waals surface area contributed by atoms with E-state index in [2.05, 4.69) is 79.4 Å². The van der Waals surface area contributed by atoms with Crippen LogP contribution in [0, 0.1) is 0 Å². The lowest BCUT2D eigenvalue weighted by Gasteiger charge is -2.25. The Morgan fingerprint density at radius 1 is 0.609 bits per heavy atom. The average Bonchev–Trinajstić information content (AvgIpc) is 2.61. The molecule has 23 heavy (non-hydrogen) atoms. The molecule has 108 valence electrons. The van der Waals surface area contributed by atoms with Crippen molar-refractivity contribution in [3.63, 3.8) is 0 Å². The van der Waals surface area contributed by atoms with Gasteiger partial charge in [0.05, 0.1) is 0 Å². The van der Waals surface area contributed by atoms with Crippen molar-refractivity contribution in [3.8, 4) is 11.1 Å². The summed E-state index contributed by atoms with van der Waals surface area (Å²) in [6.07, 6.45) is 0.933. The molecule has 0 radical (unpaired) electrons. The van der Waals surface area contributed by atoms with E-state index in [1.165, 1.54) is 49.4 Å². The van der Waals surface area contributed by atoms with Gasteiger partial charge in [0, 0.05) is 0 Å². The first-order valence-electron chi connectivity index (χ1n) is 8.04. The van der Waals surface area contributed by atoms with Crippen molar-refractivity contribution in [1.29, 1.82) is 0 Å². The second kappa shape index (κ2) is 4.57. The maximum atomic E-state index is 4.37. The molecule has 0 heterocycles. The lowest BCUT2D eigenvalue weighted by molar-refractivity contribution is 1.29. The summed E-state index contributed by atoms with van der Waals surface area (Å²) in [6, 6.07) is 26.3. The highest BCUT2D eigenvalue weighted by Crippen LogP contribution is 2.44. The molecule has 1 aliphatic rings. The summed E-state index contributed by atoms with van der Waals surface area (Å²) < 4.78 is 0. The molecule has 1 aliphatic carbocycles. The molecule has 0 fully saturated rings. The van der Waals surface area contributed by atoms with Crippen LogP contribution in [0.4, 0.5) is 0 Å². The zero-order chi connectivity index (χ0) is 15.4. The molecule has 0 unspecified atom stereocenters. The second-order valence-corrected chi connectivity index (χ2v) is 6.30. The van der Waals surface area contributed by atoms with Gasteiger partial charge in [-0.2, -0.15) is 0 Å². The first kappa shape index (κ1) is 12.7. The fourth-order valence-corrected chi connectivity index (χ4v) is 3.93. The lowest BCUT2D eigenvalue weighted by Crippen LogP contribution is -2.04. The zero-order valence-corrected chi connectivity index (χ0v) is 12.8. The largest absolute Gasteiger partial charge is 0.0949 e. The fourth-order valence-electron chi connectivity index (χ4n) is 3.93. The topological polar surface area (TPSA) is 0 Å². The highest BCUT2D eigenvalue weighted by atomic mass is 14.3. The van der Waals surface area contributed by atoms with Crippen molar-refractivity contribution in [2.45, 2.75) is 6.42 Å². The lowest BCUT2D eigenvalue weighted by atomic mass is 9.79. The van der Waals surface area contributed by atoms with E-state index in [4.69, 9.17) is 0 Å². The Hall–Kier alpha value is -2.86. The van der Waals surface area contributed by atoms with Gasteiger partial charge in [-0.3, -0.25) is 0 Å². The number of hydrogen-bond acceptors (Lipinski definition) is 0. The molecule has 0 bridgehead atoms. The predicted octanol–water partition coefficient (Wildman–Crippen LogP) is 6.23. The minimum absolute atomic E-state index is 0.933. The molecule has 0 saturated heterocycles. The Bertz CT molecular complexity index is 1100. The van der Waals surface area contributed by atoms with Crippen LogP contribution in [0.15, 0.2) is 79.4 Å². The molecule has 0 amide bonds. The molecule has 5 rings (SSSR count). The van der Waals surface area contributed by atoms with Gasteiger partial charge in [-0.05, 0) is 55.8 Å². The number of fused-ring (bicyclic) bond motifs is 7. The summed E-state index contributed by atoms with van der Waals surface area (Å²) in [5, 5.41) is 5.27. The Kier molecular flexibility index (Phi) is 2.51. The molecule has 4 aromatic rings. The van der Waals surface area contributed by atoms with Crippen LogP contribution in [-0.2, 0) is 6.42 Å². The number of hydrogen-bond donors (Lipinski definition) is 0. The molecular weight excluding hydrogens is 276 g/mol. The van der Waals surface area contributed by atoms with Crippen molar-refractivity contribution in [1.82, 2.24) is 0 Å². The van der Waals surface area contributed by atoms with E-state index in [-0.39, 0.29) is 0 Å². The molecule has 4 aromatic carbocycles. The summed E-state index contributed by atoms with van der Waals surface area (Å²) >= 11 is 0. The van der Waals surface area contributed by atoms with Crippen molar-refractivity contribution in [2.75, 3.05) is 0 Å². The minimum Gasteiger partial charge on any atom is -0.0949 e. The summed E-state index contributed by atoms with van der Waals surface area (Å²) in [6.45, 7) is 4.37. The Balaban J connectivity index is 1.97. The highest BCUT2D eigenvalue weighted by Gasteiger charge is 2.22. The molecule has 0 aliphatic heterocycles. The van der Waals surface area contributed by atoms with Gasteiger partial charge in [0.15, 0.2) is 0 Å². The van der Waals surface area contributed by atoms with E-state index in [1.807, 2.05) is 0 Å². The first-order chi connectivity index (χ1) is 11.3. The highest BCUT2D eigenvalue weighted by molar-refractivity contribution is 6.08.